The maximum atomic E-state index is 10.1. The third-order valence-corrected chi connectivity index (χ3v) is 2.74. The zero-order valence-electron chi connectivity index (χ0n) is 10.4. The molecule has 0 aromatic heterocycles. The lowest BCUT2D eigenvalue weighted by molar-refractivity contribution is -0.338. The molecule has 0 bridgehead atoms. The first-order valence-corrected chi connectivity index (χ1v) is 5.33. The summed E-state index contributed by atoms with van der Waals surface area (Å²) in [5.41, 5.74) is 0. The number of ether oxygens (including phenoxy) is 4. The highest BCUT2D eigenvalue weighted by Gasteiger charge is 2.52. The van der Waals surface area contributed by atoms with E-state index in [1.54, 1.807) is 6.92 Å². The Morgan fingerprint density at radius 1 is 1.47 bits per heavy atom. The molecule has 1 fully saturated rings. The molecule has 17 heavy (non-hydrogen) atoms. The van der Waals surface area contributed by atoms with Gasteiger partial charge in [-0.1, -0.05) is 6.58 Å². The standard InChI is InChI=1S/C11H20O6/c1-7(2)17-10-9(15-4)8(14-3)5-16-11(10,13)6-12/h8-10,12-13H,1,5-6H2,2-4H3/t8-,9-,10-,11-/m1/s1. The van der Waals surface area contributed by atoms with Crippen LogP contribution in [0.1, 0.15) is 6.92 Å². The molecule has 2 N–H and O–H groups in total. The molecular formula is C11H20O6. The van der Waals surface area contributed by atoms with Crippen LogP contribution in [-0.2, 0) is 18.9 Å². The molecule has 0 amide bonds. The van der Waals surface area contributed by atoms with E-state index in [2.05, 4.69) is 6.58 Å². The van der Waals surface area contributed by atoms with Crippen LogP contribution in [0, 0.1) is 0 Å². The first-order chi connectivity index (χ1) is 7.98. The van der Waals surface area contributed by atoms with E-state index >= 15 is 0 Å². The van der Waals surface area contributed by atoms with Gasteiger partial charge in [-0.2, -0.15) is 0 Å². The average Bonchev–Trinajstić information content (AvgIpc) is 2.31. The van der Waals surface area contributed by atoms with Gasteiger partial charge in [-0.3, -0.25) is 0 Å². The van der Waals surface area contributed by atoms with E-state index in [1.165, 1.54) is 14.2 Å². The molecule has 0 unspecified atom stereocenters. The van der Waals surface area contributed by atoms with Gasteiger partial charge in [-0.05, 0) is 6.92 Å². The van der Waals surface area contributed by atoms with Crippen LogP contribution >= 0.6 is 0 Å². The van der Waals surface area contributed by atoms with Crippen LogP contribution in [0.3, 0.4) is 0 Å². The Morgan fingerprint density at radius 2 is 2.12 bits per heavy atom. The van der Waals surface area contributed by atoms with Crippen molar-refractivity contribution in [3.8, 4) is 0 Å². The summed E-state index contributed by atoms with van der Waals surface area (Å²) in [6, 6.07) is 0. The first-order valence-electron chi connectivity index (χ1n) is 5.33. The third-order valence-electron chi connectivity index (χ3n) is 2.74. The normalized spacial score (nSPS) is 37.8. The van der Waals surface area contributed by atoms with Gasteiger partial charge in [0.2, 0.25) is 5.79 Å². The number of methoxy groups -OCH3 is 2. The lowest BCUT2D eigenvalue weighted by Gasteiger charge is -2.45. The zero-order chi connectivity index (χ0) is 13.1. The Labute approximate surface area is 101 Å². The summed E-state index contributed by atoms with van der Waals surface area (Å²) in [5, 5.41) is 19.4. The Hall–Kier alpha value is -0.660. The summed E-state index contributed by atoms with van der Waals surface area (Å²) in [5.74, 6) is -1.42. The van der Waals surface area contributed by atoms with Crippen molar-refractivity contribution >= 4 is 0 Å². The minimum Gasteiger partial charge on any atom is -0.487 e. The predicted octanol–water partition coefficient (Wildman–Crippen LogP) is -0.354. The van der Waals surface area contributed by atoms with Gasteiger partial charge in [0.1, 0.15) is 18.8 Å². The minimum absolute atomic E-state index is 0.113. The third kappa shape index (κ3) is 2.97. The van der Waals surface area contributed by atoms with Crippen LogP contribution in [0.4, 0.5) is 0 Å². The number of allylic oxidation sites excluding steroid dienone is 1. The molecule has 1 heterocycles. The van der Waals surface area contributed by atoms with Crippen molar-refractivity contribution in [2.24, 2.45) is 0 Å². The summed E-state index contributed by atoms with van der Waals surface area (Å²) in [6.07, 6.45) is -1.83. The van der Waals surface area contributed by atoms with Crippen molar-refractivity contribution in [2.75, 3.05) is 27.4 Å². The maximum Gasteiger partial charge on any atom is 0.230 e. The van der Waals surface area contributed by atoms with Crippen LogP contribution in [0.2, 0.25) is 0 Å². The van der Waals surface area contributed by atoms with Crippen LogP contribution in [-0.4, -0.2) is 61.7 Å². The van der Waals surface area contributed by atoms with Crippen molar-refractivity contribution in [3.63, 3.8) is 0 Å². The summed E-state index contributed by atoms with van der Waals surface area (Å²) in [4.78, 5) is 0. The highest BCUT2D eigenvalue weighted by Crippen LogP contribution is 2.30. The van der Waals surface area contributed by atoms with Gasteiger partial charge in [-0.15, -0.1) is 0 Å². The summed E-state index contributed by atoms with van der Waals surface area (Å²) >= 11 is 0. The van der Waals surface area contributed by atoms with E-state index in [9.17, 15) is 10.2 Å². The average molecular weight is 248 g/mol. The molecule has 0 radical (unpaired) electrons. The van der Waals surface area contributed by atoms with Gasteiger partial charge in [0.05, 0.1) is 12.4 Å². The molecule has 1 aliphatic heterocycles. The van der Waals surface area contributed by atoms with Crippen LogP contribution in [0.25, 0.3) is 0 Å². The van der Waals surface area contributed by atoms with Crippen molar-refractivity contribution in [1.82, 2.24) is 0 Å². The maximum absolute atomic E-state index is 10.1. The molecule has 4 atom stereocenters. The monoisotopic (exact) mass is 248 g/mol. The smallest absolute Gasteiger partial charge is 0.230 e. The van der Waals surface area contributed by atoms with Crippen molar-refractivity contribution in [1.29, 1.82) is 0 Å². The number of aliphatic hydroxyl groups excluding tert-OH is 1. The molecule has 0 aromatic carbocycles. The predicted molar refractivity (Wildman–Crippen MR) is 59.3 cm³/mol. The molecule has 1 aliphatic rings. The van der Waals surface area contributed by atoms with Crippen molar-refractivity contribution in [2.45, 2.75) is 31.0 Å². The van der Waals surface area contributed by atoms with E-state index < -0.39 is 24.6 Å². The van der Waals surface area contributed by atoms with Gasteiger partial charge >= 0.3 is 0 Å². The Morgan fingerprint density at radius 3 is 2.53 bits per heavy atom. The topological polar surface area (TPSA) is 77.4 Å². The lowest BCUT2D eigenvalue weighted by atomic mass is 9.96. The van der Waals surface area contributed by atoms with E-state index in [0.29, 0.717) is 5.76 Å². The van der Waals surface area contributed by atoms with Crippen molar-refractivity contribution in [3.05, 3.63) is 12.3 Å². The number of hydrogen-bond donors (Lipinski definition) is 2. The second kappa shape index (κ2) is 5.79. The zero-order valence-corrected chi connectivity index (χ0v) is 10.4. The number of rotatable bonds is 5. The van der Waals surface area contributed by atoms with E-state index in [4.69, 9.17) is 18.9 Å². The molecular weight excluding hydrogens is 228 g/mol. The van der Waals surface area contributed by atoms with Gasteiger partial charge in [0.25, 0.3) is 0 Å². The van der Waals surface area contributed by atoms with Crippen LogP contribution < -0.4 is 0 Å². The van der Waals surface area contributed by atoms with Gasteiger partial charge in [0.15, 0.2) is 6.10 Å². The fourth-order valence-corrected chi connectivity index (χ4v) is 1.84. The molecule has 0 spiro atoms. The molecule has 0 saturated carbocycles. The number of aliphatic hydroxyl groups is 2. The minimum atomic E-state index is -1.81. The van der Waals surface area contributed by atoms with E-state index in [1.807, 2.05) is 0 Å². The molecule has 6 nitrogen and oxygen atoms in total. The molecule has 6 heteroatoms. The summed E-state index contributed by atoms with van der Waals surface area (Å²) in [6.45, 7) is 4.76. The van der Waals surface area contributed by atoms with Gasteiger partial charge < -0.3 is 29.2 Å². The lowest BCUT2D eigenvalue weighted by Crippen LogP contribution is -2.64. The van der Waals surface area contributed by atoms with E-state index in [-0.39, 0.29) is 12.7 Å². The fourth-order valence-electron chi connectivity index (χ4n) is 1.84. The molecule has 100 valence electrons. The number of hydrogen-bond acceptors (Lipinski definition) is 6. The fraction of sp³-hybridized carbons (Fsp3) is 0.818. The van der Waals surface area contributed by atoms with Gasteiger partial charge in [-0.25, -0.2) is 0 Å². The largest absolute Gasteiger partial charge is 0.487 e. The Balaban J connectivity index is 2.94. The van der Waals surface area contributed by atoms with Gasteiger partial charge in [0, 0.05) is 14.2 Å². The highest BCUT2D eigenvalue weighted by molar-refractivity contribution is 4.96. The summed E-state index contributed by atoms with van der Waals surface area (Å²) < 4.78 is 21.1. The molecule has 0 aliphatic carbocycles. The van der Waals surface area contributed by atoms with Crippen LogP contribution in [0.15, 0.2) is 12.3 Å². The second-order valence-electron chi connectivity index (χ2n) is 4.03. The van der Waals surface area contributed by atoms with Crippen LogP contribution in [0.5, 0.6) is 0 Å². The molecule has 1 rings (SSSR count). The van der Waals surface area contributed by atoms with E-state index in [0.717, 1.165) is 0 Å². The summed E-state index contributed by atoms with van der Waals surface area (Å²) in [7, 11) is 3.00. The Kier molecular flexibility index (Phi) is 4.91. The van der Waals surface area contributed by atoms with Crippen molar-refractivity contribution < 1.29 is 29.2 Å². The quantitative estimate of drug-likeness (QED) is 0.647. The molecule has 0 aromatic rings. The first kappa shape index (κ1) is 14.4. The molecule has 1 saturated heterocycles. The second-order valence-corrected chi connectivity index (χ2v) is 4.03. The Bertz CT molecular complexity index is 269. The highest BCUT2D eigenvalue weighted by atomic mass is 16.7. The SMILES string of the molecule is C=C(C)O[C@@H]1[C@H](OC)[C@H](OC)CO[C@]1(O)CO.